The molecule has 2 rings (SSSR count). The molecule has 0 aliphatic rings. The summed E-state index contributed by atoms with van der Waals surface area (Å²) in [6.45, 7) is 2.94. The Morgan fingerprint density at radius 1 is 1.26 bits per heavy atom. The number of aryl methyl sites for hydroxylation is 1. The van der Waals surface area contributed by atoms with Gasteiger partial charge < -0.3 is 5.32 Å². The lowest BCUT2D eigenvalue weighted by Gasteiger charge is -2.18. The van der Waals surface area contributed by atoms with Crippen LogP contribution in [0.4, 0.5) is 4.39 Å². The molecule has 1 N–H and O–H groups in total. The lowest BCUT2D eigenvalue weighted by molar-refractivity contribution is 0.510. The fourth-order valence-electron chi connectivity index (χ4n) is 2.21. The van der Waals surface area contributed by atoms with Crippen LogP contribution in [0.2, 0.25) is 0 Å². The molecule has 0 saturated carbocycles. The van der Waals surface area contributed by atoms with Gasteiger partial charge in [0, 0.05) is 18.4 Å². The summed E-state index contributed by atoms with van der Waals surface area (Å²) in [6.07, 6.45) is 5.53. The van der Waals surface area contributed by atoms with Crippen LogP contribution in [0, 0.1) is 5.82 Å². The predicted molar refractivity (Wildman–Crippen MR) is 75.4 cm³/mol. The number of nitrogens with zero attached hydrogens (tertiary/aromatic N) is 1. The highest BCUT2D eigenvalue weighted by Crippen LogP contribution is 2.19. The summed E-state index contributed by atoms with van der Waals surface area (Å²) < 4.78 is 13.3. The van der Waals surface area contributed by atoms with E-state index in [9.17, 15) is 4.39 Å². The van der Waals surface area contributed by atoms with Gasteiger partial charge in [-0.3, -0.25) is 4.98 Å². The van der Waals surface area contributed by atoms with Crippen molar-refractivity contribution in [2.75, 3.05) is 6.54 Å². The molecule has 3 heteroatoms. The second-order valence-corrected chi connectivity index (χ2v) is 4.57. The van der Waals surface area contributed by atoms with E-state index in [0.717, 1.165) is 24.9 Å². The molecule has 19 heavy (non-hydrogen) atoms. The van der Waals surface area contributed by atoms with Crippen molar-refractivity contribution in [3.63, 3.8) is 0 Å². The molecule has 1 atom stereocenters. The van der Waals surface area contributed by atoms with Crippen molar-refractivity contribution in [3.05, 3.63) is 65.7 Å². The van der Waals surface area contributed by atoms with E-state index in [1.54, 1.807) is 18.3 Å². The molecule has 1 unspecified atom stereocenters. The van der Waals surface area contributed by atoms with Crippen LogP contribution in [-0.4, -0.2) is 11.5 Å². The monoisotopic (exact) mass is 258 g/mol. The summed E-state index contributed by atoms with van der Waals surface area (Å²) in [5, 5.41) is 3.41. The maximum absolute atomic E-state index is 13.3. The molecule has 1 aromatic heterocycles. The van der Waals surface area contributed by atoms with Crippen LogP contribution in [0.15, 0.2) is 48.8 Å². The lowest BCUT2D eigenvalue weighted by Crippen LogP contribution is -2.21. The van der Waals surface area contributed by atoms with Crippen LogP contribution in [0.1, 0.15) is 30.5 Å². The van der Waals surface area contributed by atoms with Crippen molar-refractivity contribution in [1.82, 2.24) is 10.3 Å². The first kappa shape index (κ1) is 13.7. The summed E-state index contributed by atoms with van der Waals surface area (Å²) in [7, 11) is 0. The van der Waals surface area contributed by atoms with Gasteiger partial charge in [0.05, 0.1) is 0 Å². The van der Waals surface area contributed by atoms with Gasteiger partial charge in [0.1, 0.15) is 5.82 Å². The highest BCUT2D eigenvalue weighted by atomic mass is 19.1. The average Bonchev–Trinajstić information content (AvgIpc) is 2.44. The summed E-state index contributed by atoms with van der Waals surface area (Å²) in [5.41, 5.74) is 2.22. The minimum absolute atomic E-state index is 0.179. The number of rotatable bonds is 6. The molecule has 0 radical (unpaired) electrons. The molecule has 2 aromatic rings. The van der Waals surface area contributed by atoms with E-state index in [-0.39, 0.29) is 11.9 Å². The number of nitrogens with one attached hydrogen (secondary N) is 1. The Balaban J connectivity index is 2.04. The van der Waals surface area contributed by atoms with Crippen LogP contribution in [0.5, 0.6) is 0 Å². The van der Waals surface area contributed by atoms with Gasteiger partial charge in [-0.15, -0.1) is 0 Å². The zero-order chi connectivity index (χ0) is 13.5. The highest BCUT2D eigenvalue weighted by Gasteiger charge is 2.11. The number of halogens is 1. The SMILES string of the molecule is CCNC(CCc1cccnc1)c1cccc(F)c1. The number of benzene rings is 1. The lowest BCUT2D eigenvalue weighted by atomic mass is 9.99. The Bertz CT molecular complexity index is 499. The van der Waals surface area contributed by atoms with Gasteiger partial charge in [-0.2, -0.15) is 0 Å². The quantitative estimate of drug-likeness (QED) is 0.857. The van der Waals surface area contributed by atoms with Crippen LogP contribution >= 0.6 is 0 Å². The smallest absolute Gasteiger partial charge is 0.123 e. The third kappa shape index (κ3) is 4.14. The standard InChI is InChI=1S/C16H19FN2/c1-2-19-16(14-6-3-7-15(17)11-14)9-8-13-5-4-10-18-12-13/h3-7,10-12,16,19H,2,8-9H2,1H3. The van der Waals surface area contributed by atoms with E-state index in [1.807, 2.05) is 18.3 Å². The Hall–Kier alpha value is -1.74. The highest BCUT2D eigenvalue weighted by molar-refractivity contribution is 5.21. The second-order valence-electron chi connectivity index (χ2n) is 4.57. The van der Waals surface area contributed by atoms with Crippen molar-refractivity contribution < 1.29 is 4.39 Å². The molecule has 1 aromatic carbocycles. The first-order valence-electron chi connectivity index (χ1n) is 6.67. The van der Waals surface area contributed by atoms with Crippen LogP contribution in [0.3, 0.4) is 0 Å². The zero-order valence-corrected chi connectivity index (χ0v) is 11.1. The molecule has 0 spiro atoms. The zero-order valence-electron chi connectivity index (χ0n) is 11.1. The van der Waals surface area contributed by atoms with Crippen LogP contribution in [0.25, 0.3) is 0 Å². The average molecular weight is 258 g/mol. The summed E-state index contributed by atoms with van der Waals surface area (Å²) in [5.74, 6) is -0.179. The fraction of sp³-hybridized carbons (Fsp3) is 0.312. The van der Waals surface area contributed by atoms with E-state index < -0.39 is 0 Å². The fourth-order valence-corrected chi connectivity index (χ4v) is 2.21. The molecule has 0 amide bonds. The topological polar surface area (TPSA) is 24.9 Å². The third-order valence-corrected chi connectivity index (χ3v) is 3.15. The molecule has 0 bridgehead atoms. The third-order valence-electron chi connectivity index (χ3n) is 3.15. The van der Waals surface area contributed by atoms with Gasteiger partial charge >= 0.3 is 0 Å². The van der Waals surface area contributed by atoms with Gasteiger partial charge in [0.25, 0.3) is 0 Å². The minimum Gasteiger partial charge on any atom is -0.310 e. The molecule has 0 saturated heterocycles. The van der Waals surface area contributed by atoms with Gasteiger partial charge in [0.2, 0.25) is 0 Å². The Morgan fingerprint density at radius 3 is 2.84 bits per heavy atom. The van der Waals surface area contributed by atoms with E-state index in [2.05, 4.69) is 23.3 Å². The first-order valence-corrected chi connectivity index (χ1v) is 6.67. The Labute approximate surface area is 113 Å². The molecular weight excluding hydrogens is 239 g/mol. The first-order chi connectivity index (χ1) is 9.29. The summed E-state index contributed by atoms with van der Waals surface area (Å²) in [6, 6.07) is 11.0. The maximum Gasteiger partial charge on any atom is 0.123 e. The summed E-state index contributed by atoms with van der Waals surface area (Å²) >= 11 is 0. The molecule has 0 fully saturated rings. The molecule has 2 nitrogen and oxygen atoms in total. The van der Waals surface area contributed by atoms with E-state index in [1.165, 1.54) is 11.6 Å². The largest absolute Gasteiger partial charge is 0.310 e. The van der Waals surface area contributed by atoms with Crippen LogP contribution < -0.4 is 5.32 Å². The van der Waals surface area contributed by atoms with Gasteiger partial charge in [-0.1, -0.05) is 25.1 Å². The van der Waals surface area contributed by atoms with Gasteiger partial charge in [0.15, 0.2) is 0 Å². The van der Waals surface area contributed by atoms with Crippen molar-refractivity contribution >= 4 is 0 Å². The molecular formula is C16H19FN2. The Morgan fingerprint density at radius 2 is 2.16 bits per heavy atom. The number of pyridine rings is 1. The maximum atomic E-state index is 13.3. The Kier molecular flexibility index (Phi) is 5.04. The van der Waals surface area contributed by atoms with Crippen LogP contribution in [-0.2, 0) is 6.42 Å². The molecule has 0 aliphatic carbocycles. The normalized spacial score (nSPS) is 12.3. The van der Waals surface area contributed by atoms with Gasteiger partial charge in [-0.05, 0) is 48.7 Å². The van der Waals surface area contributed by atoms with Gasteiger partial charge in [-0.25, -0.2) is 4.39 Å². The molecule has 100 valence electrons. The second kappa shape index (κ2) is 7.00. The van der Waals surface area contributed by atoms with Crippen molar-refractivity contribution in [2.24, 2.45) is 0 Å². The van der Waals surface area contributed by atoms with Crippen molar-refractivity contribution in [3.8, 4) is 0 Å². The van der Waals surface area contributed by atoms with E-state index in [0.29, 0.717) is 0 Å². The molecule has 1 heterocycles. The minimum atomic E-state index is -0.179. The summed E-state index contributed by atoms with van der Waals surface area (Å²) in [4.78, 5) is 4.12. The van der Waals surface area contributed by atoms with Crippen molar-refractivity contribution in [1.29, 1.82) is 0 Å². The van der Waals surface area contributed by atoms with E-state index >= 15 is 0 Å². The number of aromatic nitrogens is 1. The molecule has 0 aliphatic heterocycles. The number of hydrogen-bond donors (Lipinski definition) is 1. The predicted octanol–water partition coefficient (Wildman–Crippen LogP) is 3.50. The number of hydrogen-bond acceptors (Lipinski definition) is 2. The van der Waals surface area contributed by atoms with Crippen molar-refractivity contribution in [2.45, 2.75) is 25.8 Å². The van der Waals surface area contributed by atoms with E-state index in [4.69, 9.17) is 0 Å².